The van der Waals surface area contributed by atoms with Crippen molar-refractivity contribution in [2.45, 2.75) is 26.3 Å². The van der Waals surface area contributed by atoms with Gasteiger partial charge < -0.3 is 4.90 Å². The van der Waals surface area contributed by atoms with E-state index in [4.69, 9.17) is 0 Å². The largest absolute Gasteiger partial charge is 0.327 e. The molecule has 1 aromatic rings. The number of likely N-dealkylation sites (N-methyl/N-ethyl adjacent to an activating group) is 1. The van der Waals surface area contributed by atoms with Gasteiger partial charge in [0.2, 0.25) is 5.96 Å². The number of allylic oxidation sites excluding steroid dienone is 2. The molecule has 2 amide bonds. The van der Waals surface area contributed by atoms with E-state index in [9.17, 15) is 9.18 Å². The number of hydrogen-bond donors (Lipinski definition) is 0. The summed E-state index contributed by atoms with van der Waals surface area (Å²) in [5.41, 5.74) is 0.943. The van der Waals surface area contributed by atoms with Crippen LogP contribution in [-0.4, -0.2) is 54.2 Å². The molecule has 0 atom stereocenters. The summed E-state index contributed by atoms with van der Waals surface area (Å²) in [7, 11) is 3.36. The monoisotopic (exact) mass is 354 g/mol. The van der Waals surface area contributed by atoms with Crippen LogP contribution in [0.15, 0.2) is 45.9 Å². The van der Waals surface area contributed by atoms with Gasteiger partial charge in [0.15, 0.2) is 0 Å². The van der Waals surface area contributed by atoms with Crippen molar-refractivity contribution in [1.82, 2.24) is 9.80 Å². The maximum absolute atomic E-state index is 13.2. The van der Waals surface area contributed by atoms with E-state index in [0.29, 0.717) is 23.6 Å². The Morgan fingerprint density at radius 2 is 2.12 bits per heavy atom. The van der Waals surface area contributed by atoms with Crippen LogP contribution < -0.4 is 0 Å². The number of rotatable bonds is 1. The highest BCUT2D eigenvalue weighted by Crippen LogP contribution is 2.24. The molecule has 136 valence electrons. The average molecular weight is 354 g/mol. The fourth-order valence-corrected chi connectivity index (χ4v) is 2.42. The van der Waals surface area contributed by atoms with Crippen LogP contribution in [0.2, 0.25) is 0 Å². The van der Waals surface area contributed by atoms with Crippen LogP contribution in [0.5, 0.6) is 0 Å². The zero-order valence-corrected chi connectivity index (χ0v) is 15.7. The van der Waals surface area contributed by atoms with E-state index >= 15 is 0 Å². The second-order valence-corrected chi connectivity index (χ2v) is 6.53. The van der Waals surface area contributed by atoms with Crippen molar-refractivity contribution in [2.24, 2.45) is 9.98 Å². The highest BCUT2D eigenvalue weighted by molar-refractivity contribution is 6.03. The maximum Gasteiger partial charge on any atom is 0.327 e. The van der Waals surface area contributed by atoms with E-state index in [2.05, 4.69) is 21.8 Å². The SMILES string of the molecule is C/C=C(/C#Cc1cccc(F)c1)C=NC(=NC)N1CC(C)(C)N(C)C1=O. The van der Waals surface area contributed by atoms with Crippen molar-refractivity contribution >= 4 is 18.2 Å². The van der Waals surface area contributed by atoms with Gasteiger partial charge >= 0.3 is 6.03 Å². The Morgan fingerprint density at radius 3 is 2.65 bits per heavy atom. The van der Waals surface area contributed by atoms with Crippen molar-refractivity contribution < 1.29 is 9.18 Å². The fourth-order valence-electron chi connectivity index (χ4n) is 2.42. The van der Waals surface area contributed by atoms with Crippen molar-refractivity contribution in [3.8, 4) is 11.8 Å². The second kappa shape index (κ2) is 7.96. The van der Waals surface area contributed by atoms with Crippen LogP contribution in [0.4, 0.5) is 9.18 Å². The zero-order chi connectivity index (χ0) is 19.3. The molecule has 6 heteroatoms. The van der Waals surface area contributed by atoms with Crippen molar-refractivity contribution in [1.29, 1.82) is 0 Å². The van der Waals surface area contributed by atoms with E-state index in [1.165, 1.54) is 12.1 Å². The van der Waals surface area contributed by atoms with Gasteiger partial charge in [-0.15, -0.1) is 0 Å². The first-order chi connectivity index (χ1) is 12.3. The standard InChI is InChI=1S/C20H23FN4O/c1-6-15(10-11-16-8-7-9-17(21)12-16)13-23-18(22-4)25-14-20(2,3)24(5)19(25)26/h6-9,12-13H,14H2,1-5H3/b15-6-,22-18?,23-13?. The predicted molar refractivity (Wildman–Crippen MR) is 103 cm³/mol. The molecular weight excluding hydrogens is 331 g/mol. The van der Waals surface area contributed by atoms with Crippen LogP contribution >= 0.6 is 0 Å². The van der Waals surface area contributed by atoms with Crippen molar-refractivity contribution in [2.75, 3.05) is 20.6 Å². The molecule has 0 spiro atoms. The summed E-state index contributed by atoms with van der Waals surface area (Å²) in [6.45, 7) is 6.32. The molecule has 26 heavy (non-hydrogen) atoms. The number of nitrogens with zero attached hydrogens (tertiary/aromatic N) is 4. The normalized spacial score (nSPS) is 17.7. The minimum absolute atomic E-state index is 0.138. The van der Waals surface area contributed by atoms with Gasteiger partial charge in [0.05, 0.1) is 12.1 Å². The van der Waals surface area contributed by atoms with Crippen LogP contribution in [0.3, 0.4) is 0 Å². The van der Waals surface area contributed by atoms with Crippen LogP contribution in [0.1, 0.15) is 26.3 Å². The van der Waals surface area contributed by atoms with E-state index < -0.39 is 0 Å². The zero-order valence-electron chi connectivity index (χ0n) is 15.7. The summed E-state index contributed by atoms with van der Waals surface area (Å²) in [6.07, 6.45) is 3.36. The van der Waals surface area contributed by atoms with Crippen molar-refractivity contribution in [3.63, 3.8) is 0 Å². The first kappa shape index (κ1) is 19.4. The molecule has 1 aliphatic heterocycles. The third-order valence-electron chi connectivity index (χ3n) is 4.22. The number of guanidine groups is 1. The lowest BCUT2D eigenvalue weighted by Crippen LogP contribution is -2.38. The molecular formula is C20H23FN4O. The van der Waals surface area contributed by atoms with Gasteiger partial charge in [-0.1, -0.05) is 24.0 Å². The van der Waals surface area contributed by atoms with E-state index in [0.717, 1.165) is 0 Å². The molecule has 1 aromatic carbocycles. The molecule has 0 saturated carbocycles. The first-order valence-electron chi connectivity index (χ1n) is 8.28. The lowest BCUT2D eigenvalue weighted by molar-refractivity contribution is 0.193. The van der Waals surface area contributed by atoms with Gasteiger partial charge in [0.25, 0.3) is 0 Å². The Hall–Kier alpha value is -2.94. The number of aliphatic imine (C=N–C) groups is 2. The smallest absolute Gasteiger partial charge is 0.320 e. The summed E-state index contributed by atoms with van der Waals surface area (Å²) in [4.78, 5) is 24.1. The van der Waals surface area contributed by atoms with Gasteiger partial charge in [0.1, 0.15) is 5.82 Å². The quantitative estimate of drug-likeness (QED) is 0.433. The van der Waals surface area contributed by atoms with Gasteiger partial charge in [-0.25, -0.2) is 14.2 Å². The topological polar surface area (TPSA) is 48.3 Å². The molecule has 0 aliphatic carbocycles. The van der Waals surface area contributed by atoms with Crippen molar-refractivity contribution in [3.05, 3.63) is 47.3 Å². The lowest BCUT2D eigenvalue weighted by atomic mass is 10.1. The molecule has 5 nitrogen and oxygen atoms in total. The summed E-state index contributed by atoms with van der Waals surface area (Å²) in [6, 6.07) is 5.96. The minimum atomic E-state index is -0.327. The van der Waals surface area contributed by atoms with Gasteiger partial charge in [-0.2, -0.15) is 0 Å². The predicted octanol–water partition coefficient (Wildman–Crippen LogP) is 3.33. The fraction of sp³-hybridized carbons (Fsp3) is 0.350. The number of urea groups is 1. The molecule has 0 bridgehead atoms. The molecule has 1 saturated heterocycles. The highest BCUT2D eigenvalue weighted by atomic mass is 19.1. The number of benzene rings is 1. The summed E-state index contributed by atoms with van der Waals surface area (Å²) < 4.78 is 13.2. The number of hydrogen-bond acceptors (Lipinski definition) is 2. The average Bonchev–Trinajstić information content (AvgIpc) is 2.81. The van der Waals surface area contributed by atoms with Gasteiger partial charge in [-0.3, -0.25) is 9.89 Å². The van der Waals surface area contributed by atoms with Crippen LogP contribution in [0.25, 0.3) is 0 Å². The molecule has 1 aliphatic rings. The lowest BCUT2D eigenvalue weighted by Gasteiger charge is -2.24. The Labute approximate surface area is 153 Å². The van der Waals surface area contributed by atoms with Gasteiger partial charge in [-0.05, 0) is 39.0 Å². The second-order valence-electron chi connectivity index (χ2n) is 6.53. The summed E-state index contributed by atoms with van der Waals surface area (Å²) in [5, 5.41) is 0. The summed E-state index contributed by atoms with van der Waals surface area (Å²) in [5.74, 6) is 5.85. The van der Waals surface area contributed by atoms with Crippen LogP contribution in [0, 0.1) is 17.7 Å². The molecule has 0 unspecified atom stereocenters. The van der Waals surface area contributed by atoms with E-state index in [1.807, 2.05) is 20.8 Å². The van der Waals surface area contributed by atoms with Gasteiger partial charge in [0, 0.05) is 31.4 Å². The number of carbonyl (C=O) groups excluding carboxylic acids is 1. The Kier molecular flexibility index (Phi) is 5.93. The van der Waals surface area contributed by atoms with E-state index in [1.54, 1.807) is 48.3 Å². The molecule has 2 rings (SSSR count). The minimum Gasteiger partial charge on any atom is -0.320 e. The number of amides is 2. The molecule has 1 fully saturated rings. The van der Waals surface area contributed by atoms with E-state index in [-0.39, 0.29) is 17.4 Å². The molecule has 0 radical (unpaired) electrons. The highest BCUT2D eigenvalue weighted by Gasteiger charge is 2.42. The molecule has 1 heterocycles. The summed E-state index contributed by atoms with van der Waals surface area (Å²) >= 11 is 0. The third-order valence-corrected chi connectivity index (χ3v) is 4.22. The Morgan fingerprint density at radius 1 is 1.38 bits per heavy atom. The number of halogens is 1. The van der Waals surface area contributed by atoms with Crippen LogP contribution in [-0.2, 0) is 0 Å². The third kappa shape index (κ3) is 4.37. The first-order valence-corrected chi connectivity index (χ1v) is 8.28. The maximum atomic E-state index is 13.2. The number of carbonyl (C=O) groups is 1. The molecule has 0 aromatic heterocycles. The molecule has 0 N–H and O–H groups in total. The Balaban J connectivity index is 2.17. The Bertz CT molecular complexity index is 843.